The van der Waals surface area contributed by atoms with E-state index in [4.69, 9.17) is 4.52 Å². The second-order valence-electron chi connectivity index (χ2n) is 6.56. The van der Waals surface area contributed by atoms with E-state index in [1.165, 1.54) is 17.7 Å². The summed E-state index contributed by atoms with van der Waals surface area (Å²) < 4.78 is 5.46. The largest absolute Gasteiger partial charge is 0.342 e. The molecule has 3 heterocycles. The predicted molar refractivity (Wildman–Crippen MR) is 87.3 cm³/mol. The van der Waals surface area contributed by atoms with Gasteiger partial charge in [0.2, 0.25) is 11.8 Å². The van der Waals surface area contributed by atoms with E-state index in [9.17, 15) is 4.79 Å². The van der Waals surface area contributed by atoms with Crippen molar-refractivity contribution in [3.05, 3.63) is 34.1 Å². The fraction of sp³-hybridized carbons (Fsp3) is 0.588. The van der Waals surface area contributed by atoms with Crippen LogP contribution in [-0.4, -0.2) is 34.0 Å². The summed E-state index contributed by atoms with van der Waals surface area (Å²) in [6.45, 7) is 1.55. The van der Waals surface area contributed by atoms with Crippen LogP contribution in [0, 0.1) is 5.92 Å². The van der Waals surface area contributed by atoms with E-state index in [2.05, 4.69) is 21.6 Å². The Morgan fingerprint density at radius 1 is 1.35 bits per heavy atom. The Kier molecular flexibility index (Phi) is 4.16. The minimum atomic E-state index is 0.199. The van der Waals surface area contributed by atoms with Crippen LogP contribution in [0.4, 0.5) is 0 Å². The Hall–Kier alpha value is -1.69. The number of carbonyl (C=O) groups excluding carboxylic acids is 1. The first-order valence-electron chi connectivity index (χ1n) is 8.43. The van der Waals surface area contributed by atoms with Crippen molar-refractivity contribution in [2.75, 3.05) is 13.1 Å². The van der Waals surface area contributed by atoms with Crippen LogP contribution in [-0.2, 0) is 11.2 Å². The summed E-state index contributed by atoms with van der Waals surface area (Å²) in [6.07, 6.45) is 6.17. The average Bonchev–Trinajstić information content (AvgIpc) is 3.33. The third-order valence-corrected chi connectivity index (χ3v) is 5.83. The van der Waals surface area contributed by atoms with Gasteiger partial charge < -0.3 is 9.42 Å². The molecule has 23 heavy (non-hydrogen) atoms. The highest BCUT2D eigenvalue weighted by Gasteiger charge is 2.34. The van der Waals surface area contributed by atoms with Crippen LogP contribution in [0.3, 0.4) is 0 Å². The third kappa shape index (κ3) is 3.17. The molecule has 122 valence electrons. The maximum atomic E-state index is 12.5. The van der Waals surface area contributed by atoms with Crippen LogP contribution in [0.2, 0.25) is 0 Å². The number of amides is 1. The van der Waals surface area contributed by atoms with E-state index < -0.39 is 0 Å². The van der Waals surface area contributed by atoms with Crippen molar-refractivity contribution in [2.45, 2.75) is 44.4 Å². The van der Waals surface area contributed by atoms with Gasteiger partial charge in [-0.25, -0.2) is 0 Å². The summed E-state index contributed by atoms with van der Waals surface area (Å²) in [4.78, 5) is 20.3. The van der Waals surface area contributed by atoms with Gasteiger partial charge in [0, 0.05) is 30.3 Å². The van der Waals surface area contributed by atoms with Gasteiger partial charge in [-0.05, 0) is 30.7 Å². The standard InChI is InChI=1S/C17H21N3O2S/c21-17(12-4-1-2-5-12)20-8-7-13(11-20)16-18-15(19-22-16)10-14-6-3-9-23-14/h3,6,9,12-13H,1-2,4-5,7-8,10-11H2/t13-/m1/s1. The number of rotatable bonds is 4. The minimum absolute atomic E-state index is 0.199. The normalized spacial score (nSPS) is 22.1. The maximum Gasteiger partial charge on any atom is 0.231 e. The van der Waals surface area contributed by atoms with Crippen LogP contribution in [0.15, 0.2) is 22.0 Å². The Morgan fingerprint density at radius 2 is 2.22 bits per heavy atom. The quantitative estimate of drug-likeness (QED) is 0.863. The van der Waals surface area contributed by atoms with Gasteiger partial charge in [0.25, 0.3) is 0 Å². The Bertz CT molecular complexity index is 661. The van der Waals surface area contributed by atoms with Gasteiger partial charge in [0.05, 0.1) is 5.92 Å². The predicted octanol–water partition coefficient (Wildman–Crippen LogP) is 3.23. The van der Waals surface area contributed by atoms with E-state index in [1.54, 1.807) is 11.3 Å². The molecule has 6 heteroatoms. The average molecular weight is 331 g/mol. The zero-order valence-corrected chi connectivity index (χ0v) is 13.9. The Balaban J connectivity index is 1.37. The van der Waals surface area contributed by atoms with Gasteiger partial charge in [-0.2, -0.15) is 4.98 Å². The van der Waals surface area contributed by atoms with Gasteiger partial charge in [-0.3, -0.25) is 4.79 Å². The molecule has 0 spiro atoms. The molecule has 1 atom stereocenters. The molecular weight excluding hydrogens is 310 g/mol. The summed E-state index contributed by atoms with van der Waals surface area (Å²) >= 11 is 1.70. The molecule has 2 fully saturated rings. The molecular formula is C17H21N3O2S. The lowest BCUT2D eigenvalue weighted by molar-refractivity contribution is -0.134. The molecule has 2 aliphatic rings. The number of aromatic nitrogens is 2. The highest BCUT2D eigenvalue weighted by molar-refractivity contribution is 7.09. The van der Waals surface area contributed by atoms with Crippen LogP contribution >= 0.6 is 11.3 Å². The van der Waals surface area contributed by atoms with Crippen molar-refractivity contribution < 1.29 is 9.32 Å². The number of nitrogens with zero attached hydrogens (tertiary/aromatic N) is 3. The first-order chi connectivity index (χ1) is 11.3. The van der Waals surface area contributed by atoms with E-state index >= 15 is 0 Å². The van der Waals surface area contributed by atoms with E-state index in [-0.39, 0.29) is 11.8 Å². The number of hydrogen-bond donors (Lipinski definition) is 0. The summed E-state index contributed by atoms with van der Waals surface area (Å²) in [5.41, 5.74) is 0. The summed E-state index contributed by atoms with van der Waals surface area (Å²) in [5.74, 6) is 2.22. The van der Waals surface area contributed by atoms with Crippen LogP contribution in [0.1, 0.15) is 54.6 Å². The molecule has 0 aromatic carbocycles. The van der Waals surface area contributed by atoms with Crippen LogP contribution in [0.5, 0.6) is 0 Å². The van der Waals surface area contributed by atoms with E-state index in [0.29, 0.717) is 11.8 Å². The molecule has 0 N–H and O–H groups in total. The van der Waals surface area contributed by atoms with Crippen LogP contribution < -0.4 is 0 Å². The van der Waals surface area contributed by atoms with E-state index in [1.807, 2.05) is 11.0 Å². The van der Waals surface area contributed by atoms with E-state index in [0.717, 1.165) is 44.6 Å². The second-order valence-corrected chi connectivity index (χ2v) is 7.59. The topological polar surface area (TPSA) is 59.2 Å². The monoisotopic (exact) mass is 331 g/mol. The molecule has 1 amide bonds. The molecule has 1 saturated heterocycles. The SMILES string of the molecule is O=C(C1CCCC1)N1CC[C@@H](c2nc(Cc3cccs3)no2)C1. The highest BCUT2D eigenvalue weighted by Crippen LogP contribution is 2.31. The minimum Gasteiger partial charge on any atom is -0.342 e. The summed E-state index contributed by atoms with van der Waals surface area (Å²) in [7, 11) is 0. The molecule has 0 bridgehead atoms. The van der Waals surface area contributed by atoms with Gasteiger partial charge in [0.1, 0.15) is 0 Å². The molecule has 2 aromatic rings. The van der Waals surface area contributed by atoms with Crippen molar-refractivity contribution in [2.24, 2.45) is 5.92 Å². The molecule has 1 saturated carbocycles. The molecule has 5 nitrogen and oxygen atoms in total. The lowest BCUT2D eigenvalue weighted by Crippen LogP contribution is -2.33. The van der Waals surface area contributed by atoms with Gasteiger partial charge in [-0.15, -0.1) is 11.3 Å². The number of thiophene rings is 1. The summed E-state index contributed by atoms with van der Waals surface area (Å²) in [6, 6.07) is 4.11. The number of likely N-dealkylation sites (tertiary alicyclic amines) is 1. The summed E-state index contributed by atoms with van der Waals surface area (Å²) in [5, 5.41) is 6.16. The zero-order chi connectivity index (χ0) is 15.6. The molecule has 4 rings (SSSR count). The molecule has 2 aromatic heterocycles. The zero-order valence-electron chi connectivity index (χ0n) is 13.1. The van der Waals surface area contributed by atoms with Crippen molar-refractivity contribution in [1.29, 1.82) is 0 Å². The maximum absolute atomic E-state index is 12.5. The Labute approximate surface area is 139 Å². The second kappa shape index (κ2) is 6.43. The van der Waals surface area contributed by atoms with Gasteiger partial charge >= 0.3 is 0 Å². The molecule has 1 aliphatic carbocycles. The molecule has 0 radical (unpaired) electrons. The number of carbonyl (C=O) groups is 1. The van der Waals surface area contributed by atoms with Crippen molar-refractivity contribution in [1.82, 2.24) is 15.0 Å². The fourth-order valence-corrected chi connectivity index (χ4v) is 4.37. The lowest BCUT2D eigenvalue weighted by atomic mass is 10.1. The molecule has 1 aliphatic heterocycles. The smallest absolute Gasteiger partial charge is 0.231 e. The third-order valence-electron chi connectivity index (χ3n) is 4.95. The van der Waals surface area contributed by atoms with Crippen molar-refractivity contribution >= 4 is 17.2 Å². The number of hydrogen-bond acceptors (Lipinski definition) is 5. The lowest BCUT2D eigenvalue weighted by Gasteiger charge is -2.19. The van der Waals surface area contributed by atoms with Gasteiger partial charge in [0.15, 0.2) is 5.82 Å². The van der Waals surface area contributed by atoms with Crippen molar-refractivity contribution in [3.8, 4) is 0 Å². The van der Waals surface area contributed by atoms with Gasteiger partial charge in [-0.1, -0.05) is 24.1 Å². The first-order valence-corrected chi connectivity index (χ1v) is 9.31. The van der Waals surface area contributed by atoms with Crippen LogP contribution in [0.25, 0.3) is 0 Å². The molecule has 0 unspecified atom stereocenters. The van der Waals surface area contributed by atoms with Crippen molar-refractivity contribution in [3.63, 3.8) is 0 Å². The Morgan fingerprint density at radius 3 is 3.00 bits per heavy atom. The fourth-order valence-electron chi connectivity index (χ4n) is 3.67. The first kappa shape index (κ1) is 14.9. The highest BCUT2D eigenvalue weighted by atomic mass is 32.1.